The summed E-state index contributed by atoms with van der Waals surface area (Å²) in [5.74, 6) is -1.10. The van der Waals surface area contributed by atoms with Crippen LogP contribution in [0.2, 0.25) is 0 Å². The normalized spacial score (nSPS) is 21.8. The van der Waals surface area contributed by atoms with Gasteiger partial charge < -0.3 is 20.4 Å². The summed E-state index contributed by atoms with van der Waals surface area (Å²) in [5.41, 5.74) is 1.71. The molecule has 1 fully saturated rings. The molecule has 20 heavy (non-hydrogen) atoms. The Bertz CT molecular complexity index is 518. The zero-order chi connectivity index (χ0) is 14.7. The van der Waals surface area contributed by atoms with Crippen LogP contribution in [-0.2, 0) is 11.2 Å². The van der Waals surface area contributed by atoms with Crippen molar-refractivity contribution in [2.45, 2.75) is 31.9 Å². The van der Waals surface area contributed by atoms with E-state index in [1.54, 1.807) is 6.07 Å². The molecule has 2 rings (SSSR count). The standard InChI is InChI=1S/C14H18N2O4/c1-2-9-4-3-5-10(6-9)15-14(20)16-8-11(17)7-12(16)13(18)19/h3-6,11-12,17H,2,7-8H2,1H3,(H,15,20)(H,18,19)/t11-,12-/m0/s1. The first kappa shape index (κ1) is 14.3. The van der Waals surface area contributed by atoms with Crippen LogP contribution in [0.1, 0.15) is 18.9 Å². The van der Waals surface area contributed by atoms with Gasteiger partial charge in [0.25, 0.3) is 0 Å². The average molecular weight is 278 g/mol. The number of carboxylic acid groups (broad SMARTS) is 1. The van der Waals surface area contributed by atoms with Crippen LogP contribution in [-0.4, -0.2) is 45.8 Å². The van der Waals surface area contributed by atoms with E-state index in [1.807, 2.05) is 25.1 Å². The summed E-state index contributed by atoms with van der Waals surface area (Å²) in [6.07, 6.45) is 0.130. The van der Waals surface area contributed by atoms with Crippen LogP contribution < -0.4 is 5.32 Å². The van der Waals surface area contributed by atoms with Gasteiger partial charge in [-0.3, -0.25) is 0 Å². The smallest absolute Gasteiger partial charge is 0.326 e. The minimum atomic E-state index is -1.10. The zero-order valence-corrected chi connectivity index (χ0v) is 11.2. The van der Waals surface area contributed by atoms with Gasteiger partial charge in [0.1, 0.15) is 6.04 Å². The lowest BCUT2D eigenvalue weighted by Crippen LogP contribution is -2.43. The van der Waals surface area contributed by atoms with Gasteiger partial charge in [0, 0.05) is 18.7 Å². The maximum Gasteiger partial charge on any atom is 0.326 e. The Balaban J connectivity index is 2.09. The molecule has 0 bridgehead atoms. The molecule has 0 aliphatic carbocycles. The lowest BCUT2D eigenvalue weighted by molar-refractivity contribution is -0.141. The number of urea groups is 1. The summed E-state index contributed by atoms with van der Waals surface area (Å²) >= 11 is 0. The molecule has 3 N–H and O–H groups in total. The number of aliphatic hydroxyl groups excluding tert-OH is 1. The molecule has 1 heterocycles. The van der Waals surface area contributed by atoms with E-state index in [2.05, 4.69) is 5.32 Å². The van der Waals surface area contributed by atoms with Crippen LogP contribution in [0.5, 0.6) is 0 Å². The van der Waals surface area contributed by atoms with E-state index < -0.39 is 24.1 Å². The molecule has 108 valence electrons. The second-order valence-electron chi connectivity index (χ2n) is 4.88. The van der Waals surface area contributed by atoms with E-state index in [-0.39, 0.29) is 13.0 Å². The van der Waals surface area contributed by atoms with Crippen molar-refractivity contribution in [3.63, 3.8) is 0 Å². The molecule has 0 aromatic heterocycles. The summed E-state index contributed by atoms with van der Waals surface area (Å²) in [7, 11) is 0. The Morgan fingerprint density at radius 3 is 2.85 bits per heavy atom. The number of carbonyl (C=O) groups excluding carboxylic acids is 1. The first-order valence-electron chi connectivity index (χ1n) is 6.58. The van der Waals surface area contributed by atoms with Gasteiger partial charge in [0.15, 0.2) is 0 Å². The van der Waals surface area contributed by atoms with E-state index in [1.165, 1.54) is 0 Å². The number of hydrogen-bond acceptors (Lipinski definition) is 3. The van der Waals surface area contributed by atoms with Gasteiger partial charge >= 0.3 is 12.0 Å². The van der Waals surface area contributed by atoms with Crippen LogP contribution in [0, 0.1) is 0 Å². The second kappa shape index (κ2) is 5.92. The fourth-order valence-electron chi connectivity index (χ4n) is 2.34. The lowest BCUT2D eigenvalue weighted by atomic mass is 10.1. The predicted molar refractivity (Wildman–Crippen MR) is 73.6 cm³/mol. The van der Waals surface area contributed by atoms with Crippen LogP contribution in [0.3, 0.4) is 0 Å². The Labute approximate surface area is 117 Å². The molecule has 1 aliphatic rings. The number of hydrogen-bond donors (Lipinski definition) is 3. The topological polar surface area (TPSA) is 89.9 Å². The van der Waals surface area contributed by atoms with Gasteiger partial charge in [-0.05, 0) is 24.1 Å². The van der Waals surface area contributed by atoms with Gasteiger partial charge in [-0.25, -0.2) is 9.59 Å². The van der Waals surface area contributed by atoms with Gasteiger partial charge in [-0.1, -0.05) is 19.1 Å². The fourth-order valence-corrected chi connectivity index (χ4v) is 2.34. The van der Waals surface area contributed by atoms with Gasteiger partial charge in [-0.15, -0.1) is 0 Å². The van der Waals surface area contributed by atoms with Gasteiger partial charge in [0.05, 0.1) is 6.10 Å². The zero-order valence-electron chi connectivity index (χ0n) is 11.2. The van der Waals surface area contributed by atoms with E-state index in [0.717, 1.165) is 16.9 Å². The molecule has 0 spiro atoms. The quantitative estimate of drug-likeness (QED) is 0.777. The number of carboxylic acids is 1. The minimum absolute atomic E-state index is 0.0380. The number of aliphatic hydroxyl groups is 1. The van der Waals surface area contributed by atoms with Gasteiger partial charge in [0.2, 0.25) is 0 Å². The molecule has 0 unspecified atom stereocenters. The number of nitrogens with zero attached hydrogens (tertiary/aromatic N) is 1. The van der Waals surface area contributed by atoms with Crippen molar-refractivity contribution < 1.29 is 19.8 Å². The summed E-state index contributed by atoms with van der Waals surface area (Å²) in [4.78, 5) is 24.4. The molecule has 0 saturated carbocycles. The summed E-state index contributed by atoms with van der Waals surface area (Å²) in [5, 5.41) is 21.3. The number of rotatable bonds is 3. The fraction of sp³-hybridized carbons (Fsp3) is 0.429. The number of β-amino-alcohol motifs (C(OH)–C–C–N with tert-alkyl or cyclic N) is 1. The molecule has 2 amide bonds. The van der Waals surface area contributed by atoms with Crippen molar-refractivity contribution in [2.75, 3.05) is 11.9 Å². The lowest BCUT2D eigenvalue weighted by Gasteiger charge is -2.21. The molecule has 6 nitrogen and oxygen atoms in total. The number of benzene rings is 1. The SMILES string of the molecule is CCc1cccc(NC(=O)N2C[C@@H](O)C[C@H]2C(=O)O)c1. The molecule has 1 aromatic rings. The third-order valence-corrected chi connectivity index (χ3v) is 3.41. The van der Waals surface area contributed by atoms with E-state index in [0.29, 0.717) is 5.69 Å². The number of nitrogens with one attached hydrogen (secondary N) is 1. The van der Waals surface area contributed by atoms with E-state index in [4.69, 9.17) is 5.11 Å². The molecular formula is C14H18N2O4. The number of aryl methyl sites for hydroxylation is 1. The molecule has 2 atom stereocenters. The maximum atomic E-state index is 12.1. The Hall–Kier alpha value is -2.08. The van der Waals surface area contributed by atoms with Crippen molar-refractivity contribution in [2.24, 2.45) is 0 Å². The average Bonchev–Trinajstić information content (AvgIpc) is 2.81. The number of anilines is 1. The van der Waals surface area contributed by atoms with E-state index in [9.17, 15) is 14.7 Å². The van der Waals surface area contributed by atoms with Crippen molar-refractivity contribution in [1.82, 2.24) is 4.90 Å². The van der Waals surface area contributed by atoms with Crippen LogP contribution in [0.15, 0.2) is 24.3 Å². The highest BCUT2D eigenvalue weighted by atomic mass is 16.4. The largest absolute Gasteiger partial charge is 0.480 e. The van der Waals surface area contributed by atoms with Crippen LogP contribution in [0.25, 0.3) is 0 Å². The second-order valence-corrected chi connectivity index (χ2v) is 4.88. The van der Waals surface area contributed by atoms with Crippen LogP contribution >= 0.6 is 0 Å². The molecule has 6 heteroatoms. The van der Waals surface area contributed by atoms with E-state index >= 15 is 0 Å². The Kier molecular flexibility index (Phi) is 4.24. The highest BCUT2D eigenvalue weighted by Gasteiger charge is 2.38. The summed E-state index contributed by atoms with van der Waals surface area (Å²) in [6.45, 7) is 2.05. The molecule has 1 aromatic carbocycles. The Morgan fingerprint density at radius 2 is 2.20 bits per heavy atom. The van der Waals surface area contributed by atoms with Crippen molar-refractivity contribution >= 4 is 17.7 Å². The number of carbonyl (C=O) groups is 2. The summed E-state index contributed by atoms with van der Waals surface area (Å²) in [6, 6.07) is 5.91. The highest BCUT2D eigenvalue weighted by molar-refractivity contribution is 5.92. The minimum Gasteiger partial charge on any atom is -0.480 e. The van der Waals surface area contributed by atoms with Gasteiger partial charge in [-0.2, -0.15) is 0 Å². The maximum absolute atomic E-state index is 12.1. The Morgan fingerprint density at radius 1 is 1.45 bits per heavy atom. The van der Waals surface area contributed by atoms with Crippen LogP contribution in [0.4, 0.5) is 10.5 Å². The molecule has 0 radical (unpaired) electrons. The molecule has 1 saturated heterocycles. The summed E-state index contributed by atoms with van der Waals surface area (Å²) < 4.78 is 0. The highest BCUT2D eigenvalue weighted by Crippen LogP contribution is 2.20. The van der Waals surface area contributed by atoms with Crippen molar-refractivity contribution in [3.8, 4) is 0 Å². The first-order chi connectivity index (χ1) is 9.51. The van der Waals surface area contributed by atoms with Crippen molar-refractivity contribution in [3.05, 3.63) is 29.8 Å². The number of aliphatic carboxylic acids is 1. The molecule has 1 aliphatic heterocycles. The third kappa shape index (κ3) is 3.08. The van der Waals surface area contributed by atoms with Crippen molar-refractivity contribution in [1.29, 1.82) is 0 Å². The third-order valence-electron chi connectivity index (χ3n) is 3.41. The predicted octanol–water partition coefficient (Wildman–Crippen LogP) is 1.30. The number of amides is 2. The monoisotopic (exact) mass is 278 g/mol. The first-order valence-corrected chi connectivity index (χ1v) is 6.58. The number of likely N-dealkylation sites (tertiary alicyclic amines) is 1. The molecular weight excluding hydrogens is 260 g/mol.